The fourth-order valence-electron chi connectivity index (χ4n) is 3.45. The number of carbonyl (C=O) groups is 1. The van der Waals surface area contributed by atoms with Gasteiger partial charge in [-0.15, -0.1) is 0 Å². The van der Waals surface area contributed by atoms with Crippen molar-refractivity contribution in [1.29, 1.82) is 0 Å². The van der Waals surface area contributed by atoms with Crippen molar-refractivity contribution in [3.8, 4) is 0 Å². The Balaban J connectivity index is 2.10. The van der Waals surface area contributed by atoms with Crippen LogP contribution in [0.3, 0.4) is 0 Å². The van der Waals surface area contributed by atoms with Crippen molar-refractivity contribution >= 4 is 5.91 Å². The molecule has 1 saturated heterocycles. The van der Waals surface area contributed by atoms with Gasteiger partial charge in [-0.1, -0.05) is 46.5 Å². The summed E-state index contributed by atoms with van der Waals surface area (Å²) in [6, 6.07) is 0.567. The molecule has 1 aliphatic carbocycles. The number of hydrogen-bond acceptors (Lipinski definition) is 2. The van der Waals surface area contributed by atoms with Crippen molar-refractivity contribution in [2.45, 2.75) is 84.0 Å². The van der Waals surface area contributed by atoms with Crippen LogP contribution in [0.2, 0.25) is 0 Å². The molecule has 1 heterocycles. The topological polar surface area (TPSA) is 32.3 Å². The lowest BCUT2D eigenvalue weighted by Gasteiger charge is -2.36. The van der Waals surface area contributed by atoms with Crippen LogP contribution in [0.5, 0.6) is 0 Å². The molecule has 0 radical (unpaired) electrons. The van der Waals surface area contributed by atoms with Gasteiger partial charge in [0.25, 0.3) is 0 Å². The van der Waals surface area contributed by atoms with Crippen LogP contribution in [0.4, 0.5) is 0 Å². The first kappa shape index (κ1) is 13.9. The highest BCUT2D eigenvalue weighted by molar-refractivity contribution is 5.84. The Hall–Kier alpha value is -0.570. The van der Waals surface area contributed by atoms with Gasteiger partial charge < -0.3 is 4.90 Å². The highest BCUT2D eigenvalue weighted by Gasteiger charge is 2.43. The molecule has 0 aromatic carbocycles. The Morgan fingerprint density at radius 1 is 1.28 bits per heavy atom. The van der Waals surface area contributed by atoms with Gasteiger partial charge in [-0.3, -0.25) is 10.1 Å². The van der Waals surface area contributed by atoms with Crippen molar-refractivity contribution in [3.05, 3.63) is 0 Å². The largest absolute Gasteiger partial charge is 0.323 e. The molecule has 0 aromatic heterocycles. The zero-order valence-electron chi connectivity index (χ0n) is 12.1. The smallest absolute Gasteiger partial charge is 0.241 e. The summed E-state index contributed by atoms with van der Waals surface area (Å²) in [5, 5.41) is 3.56. The molecule has 2 aliphatic rings. The van der Waals surface area contributed by atoms with Crippen molar-refractivity contribution in [2.24, 2.45) is 5.92 Å². The molecule has 2 atom stereocenters. The predicted molar refractivity (Wildman–Crippen MR) is 74.2 cm³/mol. The van der Waals surface area contributed by atoms with E-state index in [4.69, 9.17) is 0 Å². The Morgan fingerprint density at radius 2 is 1.94 bits per heavy atom. The molecule has 2 rings (SSSR count). The molecule has 1 N–H and O–H groups in total. The van der Waals surface area contributed by atoms with Gasteiger partial charge in [0.15, 0.2) is 0 Å². The Bertz CT molecular complexity index is 284. The number of nitrogens with zero attached hydrogens (tertiary/aromatic N) is 1. The van der Waals surface area contributed by atoms with E-state index >= 15 is 0 Å². The normalized spacial score (nSPS) is 30.4. The second kappa shape index (κ2) is 6.05. The van der Waals surface area contributed by atoms with Gasteiger partial charge in [-0.25, -0.2) is 0 Å². The van der Waals surface area contributed by atoms with E-state index in [0.717, 1.165) is 12.8 Å². The maximum absolute atomic E-state index is 12.6. The molecule has 0 spiro atoms. The predicted octanol–water partition coefficient (Wildman–Crippen LogP) is 2.90. The molecule has 2 fully saturated rings. The van der Waals surface area contributed by atoms with E-state index in [1.54, 1.807) is 0 Å². The van der Waals surface area contributed by atoms with Crippen LogP contribution in [0.15, 0.2) is 0 Å². The Labute approximate surface area is 111 Å². The third-order valence-corrected chi connectivity index (χ3v) is 4.40. The molecule has 1 saturated carbocycles. The monoisotopic (exact) mass is 252 g/mol. The maximum atomic E-state index is 12.6. The molecule has 0 aromatic rings. The standard InChI is InChI=1S/C15H28N2O/c1-4-8-13-15(18)17(14(16-13)11(2)3)12-9-6-5-7-10-12/h11-14,16H,4-10H2,1-3H3. The van der Waals surface area contributed by atoms with Gasteiger partial charge in [0, 0.05) is 6.04 Å². The quantitative estimate of drug-likeness (QED) is 0.834. The molecule has 0 bridgehead atoms. The lowest BCUT2D eigenvalue weighted by atomic mass is 9.93. The van der Waals surface area contributed by atoms with Crippen LogP contribution >= 0.6 is 0 Å². The average Bonchev–Trinajstić information content (AvgIpc) is 2.69. The van der Waals surface area contributed by atoms with E-state index in [1.807, 2.05) is 0 Å². The summed E-state index contributed by atoms with van der Waals surface area (Å²) >= 11 is 0. The minimum atomic E-state index is 0.0735. The van der Waals surface area contributed by atoms with E-state index in [-0.39, 0.29) is 12.2 Å². The SMILES string of the molecule is CCCC1NC(C(C)C)N(C2CCCCC2)C1=O. The molecule has 3 heteroatoms. The highest BCUT2D eigenvalue weighted by Crippen LogP contribution is 2.30. The summed E-state index contributed by atoms with van der Waals surface area (Å²) in [6.45, 7) is 6.59. The second-order valence-corrected chi connectivity index (χ2v) is 6.23. The molecule has 1 aliphatic heterocycles. The number of nitrogens with one attached hydrogen (secondary N) is 1. The number of rotatable bonds is 4. The summed E-state index contributed by atoms with van der Waals surface area (Å²) in [4.78, 5) is 14.8. The van der Waals surface area contributed by atoms with E-state index in [1.165, 1.54) is 32.1 Å². The van der Waals surface area contributed by atoms with E-state index in [2.05, 4.69) is 31.0 Å². The van der Waals surface area contributed by atoms with E-state index in [0.29, 0.717) is 17.9 Å². The van der Waals surface area contributed by atoms with E-state index in [9.17, 15) is 4.79 Å². The summed E-state index contributed by atoms with van der Waals surface area (Å²) in [5.41, 5.74) is 0. The number of carbonyl (C=O) groups excluding carboxylic acids is 1. The zero-order chi connectivity index (χ0) is 13.1. The zero-order valence-corrected chi connectivity index (χ0v) is 12.1. The molecule has 18 heavy (non-hydrogen) atoms. The minimum absolute atomic E-state index is 0.0735. The van der Waals surface area contributed by atoms with Gasteiger partial charge in [0.1, 0.15) is 0 Å². The highest BCUT2D eigenvalue weighted by atomic mass is 16.2. The Morgan fingerprint density at radius 3 is 2.50 bits per heavy atom. The lowest BCUT2D eigenvalue weighted by molar-refractivity contribution is -0.133. The van der Waals surface area contributed by atoms with Gasteiger partial charge in [-0.2, -0.15) is 0 Å². The lowest BCUT2D eigenvalue weighted by Crippen LogP contribution is -2.48. The van der Waals surface area contributed by atoms with Crippen molar-refractivity contribution in [1.82, 2.24) is 10.2 Å². The molecule has 104 valence electrons. The first-order chi connectivity index (χ1) is 8.65. The molecule has 2 unspecified atom stereocenters. The Kier molecular flexibility index (Phi) is 4.66. The van der Waals surface area contributed by atoms with Gasteiger partial charge >= 0.3 is 0 Å². The third-order valence-electron chi connectivity index (χ3n) is 4.40. The van der Waals surface area contributed by atoms with E-state index < -0.39 is 0 Å². The summed E-state index contributed by atoms with van der Waals surface area (Å²) in [6.07, 6.45) is 8.65. The van der Waals surface area contributed by atoms with Crippen molar-refractivity contribution in [3.63, 3.8) is 0 Å². The molecular formula is C15H28N2O. The van der Waals surface area contributed by atoms with Gasteiger partial charge in [0.2, 0.25) is 5.91 Å². The minimum Gasteiger partial charge on any atom is -0.323 e. The van der Waals surface area contributed by atoms with Crippen molar-refractivity contribution < 1.29 is 4.79 Å². The summed E-state index contributed by atoms with van der Waals surface area (Å²) < 4.78 is 0. The van der Waals surface area contributed by atoms with Gasteiger partial charge in [-0.05, 0) is 25.2 Å². The first-order valence-electron chi connectivity index (χ1n) is 7.73. The molecular weight excluding hydrogens is 224 g/mol. The summed E-state index contributed by atoms with van der Waals surface area (Å²) in [7, 11) is 0. The average molecular weight is 252 g/mol. The van der Waals surface area contributed by atoms with Crippen LogP contribution in [-0.4, -0.2) is 29.1 Å². The number of hydrogen-bond donors (Lipinski definition) is 1. The fourth-order valence-corrected chi connectivity index (χ4v) is 3.45. The van der Waals surface area contributed by atoms with Crippen LogP contribution in [0.1, 0.15) is 65.7 Å². The van der Waals surface area contributed by atoms with Crippen molar-refractivity contribution in [2.75, 3.05) is 0 Å². The summed E-state index contributed by atoms with van der Waals surface area (Å²) in [5.74, 6) is 0.861. The first-order valence-corrected chi connectivity index (χ1v) is 7.73. The third kappa shape index (κ3) is 2.71. The molecule has 1 amide bonds. The van der Waals surface area contributed by atoms with Crippen LogP contribution in [0, 0.1) is 5.92 Å². The number of amides is 1. The fraction of sp³-hybridized carbons (Fsp3) is 0.933. The van der Waals surface area contributed by atoms with Crippen LogP contribution in [-0.2, 0) is 4.79 Å². The molecule has 3 nitrogen and oxygen atoms in total. The van der Waals surface area contributed by atoms with Crippen LogP contribution in [0.25, 0.3) is 0 Å². The van der Waals surface area contributed by atoms with Gasteiger partial charge in [0.05, 0.1) is 12.2 Å². The second-order valence-electron chi connectivity index (χ2n) is 6.23. The maximum Gasteiger partial charge on any atom is 0.241 e. The van der Waals surface area contributed by atoms with Crippen LogP contribution < -0.4 is 5.32 Å².